The SMILES string of the molecule is Cc1cc(NC(C)CC2CCCN2)cnc1Cl. The molecular weight excluding hydrogens is 234 g/mol. The van der Waals surface area contributed by atoms with Gasteiger partial charge in [0.2, 0.25) is 0 Å². The quantitative estimate of drug-likeness (QED) is 0.810. The van der Waals surface area contributed by atoms with Crippen LogP contribution in [-0.4, -0.2) is 23.6 Å². The molecule has 0 saturated carbocycles. The van der Waals surface area contributed by atoms with Crippen molar-refractivity contribution in [3.8, 4) is 0 Å². The van der Waals surface area contributed by atoms with Crippen molar-refractivity contribution in [2.24, 2.45) is 0 Å². The fraction of sp³-hybridized carbons (Fsp3) is 0.615. The number of aryl methyl sites for hydroxylation is 1. The van der Waals surface area contributed by atoms with Crippen LogP contribution < -0.4 is 10.6 Å². The van der Waals surface area contributed by atoms with E-state index in [-0.39, 0.29) is 0 Å². The molecule has 0 bridgehead atoms. The lowest BCUT2D eigenvalue weighted by Gasteiger charge is -2.19. The molecule has 0 aliphatic carbocycles. The van der Waals surface area contributed by atoms with Gasteiger partial charge in [0.25, 0.3) is 0 Å². The summed E-state index contributed by atoms with van der Waals surface area (Å²) in [6, 6.07) is 3.17. The van der Waals surface area contributed by atoms with Crippen LogP contribution in [0.15, 0.2) is 12.3 Å². The maximum Gasteiger partial charge on any atom is 0.132 e. The van der Waals surface area contributed by atoms with Crippen LogP contribution in [0.5, 0.6) is 0 Å². The fourth-order valence-electron chi connectivity index (χ4n) is 2.37. The number of anilines is 1. The van der Waals surface area contributed by atoms with E-state index in [4.69, 9.17) is 11.6 Å². The highest BCUT2D eigenvalue weighted by molar-refractivity contribution is 6.30. The zero-order chi connectivity index (χ0) is 12.3. The van der Waals surface area contributed by atoms with Crippen LogP contribution in [0, 0.1) is 6.92 Å². The largest absolute Gasteiger partial charge is 0.381 e. The number of halogens is 1. The van der Waals surface area contributed by atoms with Crippen molar-refractivity contribution in [2.45, 2.75) is 45.2 Å². The summed E-state index contributed by atoms with van der Waals surface area (Å²) in [5.74, 6) is 0. The van der Waals surface area contributed by atoms with Gasteiger partial charge in [0.1, 0.15) is 5.15 Å². The van der Waals surface area contributed by atoms with Crippen LogP contribution in [0.4, 0.5) is 5.69 Å². The Morgan fingerprint density at radius 3 is 3.12 bits per heavy atom. The third-order valence-corrected chi connectivity index (χ3v) is 3.62. The van der Waals surface area contributed by atoms with E-state index in [1.165, 1.54) is 19.4 Å². The molecule has 1 aliphatic rings. The molecule has 1 aromatic rings. The molecule has 2 unspecified atom stereocenters. The summed E-state index contributed by atoms with van der Waals surface area (Å²) in [6.45, 7) is 5.35. The zero-order valence-electron chi connectivity index (χ0n) is 10.5. The first-order valence-corrected chi connectivity index (χ1v) is 6.65. The Hall–Kier alpha value is -0.800. The molecule has 1 aromatic heterocycles. The highest BCUT2D eigenvalue weighted by Gasteiger charge is 2.16. The fourth-order valence-corrected chi connectivity index (χ4v) is 2.47. The summed E-state index contributed by atoms with van der Waals surface area (Å²) in [4.78, 5) is 4.15. The number of aromatic nitrogens is 1. The Balaban J connectivity index is 1.88. The molecule has 2 heterocycles. The van der Waals surface area contributed by atoms with Crippen molar-refractivity contribution in [2.75, 3.05) is 11.9 Å². The lowest BCUT2D eigenvalue weighted by atomic mass is 10.1. The van der Waals surface area contributed by atoms with Gasteiger partial charge in [0.05, 0.1) is 11.9 Å². The minimum atomic E-state index is 0.452. The topological polar surface area (TPSA) is 37.0 Å². The van der Waals surface area contributed by atoms with Crippen molar-refractivity contribution in [1.82, 2.24) is 10.3 Å². The Bertz CT molecular complexity index is 375. The third-order valence-electron chi connectivity index (χ3n) is 3.23. The van der Waals surface area contributed by atoms with Gasteiger partial charge in [-0.3, -0.25) is 0 Å². The maximum atomic E-state index is 5.91. The summed E-state index contributed by atoms with van der Waals surface area (Å²) >= 11 is 5.91. The first-order valence-electron chi connectivity index (χ1n) is 6.27. The lowest BCUT2D eigenvalue weighted by molar-refractivity contribution is 0.523. The van der Waals surface area contributed by atoms with Gasteiger partial charge in [-0.15, -0.1) is 0 Å². The third kappa shape index (κ3) is 3.58. The van der Waals surface area contributed by atoms with Crippen LogP contribution in [0.3, 0.4) is 0 Å². The number of hydrogen-bond acceptors (Lipinski definition) is 3. The first-order chi connectivity index (χ1) is 8.15. The highest BCUT2D eigenvalue weighted by atomic mass is 35.5. The van der Waals surface area contributed by atoms with E-state index in [2.05, 4.69) is 22.5 Å². The van der Waals surface area contributed by atoms with Crippen LogP contribution in [0.25, 0.3) is 0 Å². The molecule has 2 rings (SSSR count). The second-order valence-electron chi connectivity index (χ2n) is 4.91. The van der Waals surface area contributed by atoms with Crippen LogP contribution in [-0.2, 0) is 0 Å². The molecule has 17 heavy (non-hydrogen) atoms. The second-order valence-corrected chi connectivity index (χ2v) is 5.26. The smallest absolute Gasteiger partial charge is 0.132 e. The number of nitrogens with zero attached hydrogens (tertiary/aromatic N) is 1. The molecule has 4 heteroatoms. The first kappa shape index (κ1) is 12.7. The molecule has 0 amide bonds. The van der Waals surface area contributed by atoms with E-state index in [1.807, 2.05) is 13.0 Å². The van der Waals surface area contributed by atoms with Gasteiger partial charge in [0.15, 0.2) is 0 Å². The zero-order valence-corrected chi connectivity index (χ0v) is 11.2. The molecular formula is C13H20ClN3. The van der Waals surface area contributed by atoms with Gasteiger partial charge in [-0.05, 0) is 51.3 Å². The molecule has 3 nitrogen and oxygen atoms in total. The van der Waals surface area contributed by atoms with Gasteiger partial charge in [-0.25, -0.2) is 4.98 Å². The monoisotopic (exact) mass is 253 g/mol. The Labute approximate surface area is 108 Å². The van der Waals surface area contributed by atoms with E-state index in [9.17, 15) is 0 Å². The van der Waals surface area contributed by atoms with Gasteiger partial charge >= 0.3 is 0 Å². The summed E-state index contributed by atoms with van der Waals surface area (Å²) in [7, 11) is 0. The van der Waals surface area contributed by atoms with Gasteiger partial charge in [-0.1, -0.05) is 11.6 Å². The average molecular weight is 254 g/mol. The summed E-state index contributed by atoms with van der Waals surface area (Å²) in [5.41, 5.74) is 2.07. The van der Waals surface area contributed by atoms with E-state index >= 15 is 0 Å². The predicted molar refractivity (Wildman–Crippen MR) is 72.7 cm³/mol. The van der Waals surface area contributed by atoms with Crippen LogP contribution in [0.1, 0.15) is 31.7 Å². The average Bonchev–Trinajstić information content (AvgIpc) is 2.76. The van der Waals surface area contributed by atoms with Gasteiger partial charge in [0, 0.05) is 12.1 Å². The number of nitrogens with one attached hydrogen (secondary N) is 2. The molecule has 1 aliphatic heterocycles. The highest BCUT2D eigenvalue weighted by Crippen LogP contribution is 2.18. The standard InChI is InChI=1S/C13H20ClN3/c1-9-6-12(8-16-13(9)14)17-10(2)7-11-4-3-5-15-11/h6,8,10-11,15,17H,3-5,7H2,1-2H3. The van der Waals surface area contributed by atoms with E-state index < -0.39 is 0 Å². The minimum Gasteiger partial charge on any atom is -0.381 e. The van der Waals surface area contributed by atoms with Crippen LogP contribution in [0.2, 0.25) is 5.15 Å². The summed E-state index contributed by atoms with van der Waals surface area (Å²) < 4.78 is 0. The number of hydrogen-bond donors (Lipinski definition) is 2. The Morgan fingerprint density at radius 2 is 2.47 bits per heavy atom. The van der Waals surface area contributed by atoms with E-state index in [0.717, 1.165) is 17.7 Å². The van der Waals surface area contributed by atoms with Crippen molar-refractivity contribution < 1.29 is 0 Å². The Morgan fingerprint density at radius 1 is 1.65 bits per heavy atom. The maximum absolute atomic E-state index is 5.91. The van der Waals surface area contributed by atoms with E-state index in [1.54, 1.807) is 6.20 Å². The van der Waals surface area contributed by atoms with Crippen molar-refractivity contribution in [1.29, 1.82) is 0 Å². The minimum absolute atomic E-state index is 0.452. The molecule has 0 radical (unpaired) electrons. The molecule has 2 N–H and O–H groups in total. The van der Waals surface area contributed by atoms with Gasteiger partial charge < -0.3 is 10.6 Å². The Kier molecular flexibility index (Phi) is 4.24. The van der Waals surface area contributed by atoms with Crippen molar-refractivity contribution >= 4 is 17.3 Å². The molecule has 1 saturated heterocycles. The molecule has 2 atom stereocenters. The molecule has 0 spiro atoms. The normalized spacial score (nSPS) is 21.5. The van der Waals surface area contributed by atoms with E-state index in [0.29, 0.717) is 17.2 Å². The summed E-state index contributed by atoms with van der Waals surface area (Å²) in [6.07, 6.45) is 5.55. The van der Waals surface area contributed by atoms with Gasteiger partial charge in [-0.2, -0.15) is 0 Å². The predicted octanol–water partition coefficient (Wildman–Crippen LogP) is 2.99. The summed E-state index contributed by atoms with van der Waals surface area (Å²) in [5, 5.41) is 7.58. The second kappa shape index (κ2) is 5.69. The van der Waals surface area contributed by atoms with Crippen LogP contribution >= 0.6 is 11.6 Å². The molecule has 0 aromatic carbocycles. The molecule has 94 valence electrons. The molecule has 1 fully saturated rings. The lowest BCUT2D eigenvalue weighted by Crippen LogP contribution is -2.29. The van der Waals surface area contributed by atoms with Crippen molar-refractivity contribution in [3.63, 3.8) is 0 Å². The number of rotatable bonds is 4. The van der Waals surface area contributed by atoms with Crippen molar-refractivity contribution in [3.05, 3.63) is 23.0 Å². The number of pyridine rings is 1.